The van der Waals surface area contributed by atoms with Gasteiger partial charge in [0.1, 0.15) is 29.5 Å². The average Bonchev–Trinajstić information content (AvgIpc) is 4.30. The molecule has 0 radical (unpaired) electrons. The van der Waals surface area contributed by atoms with Crippen LogP contribution in [-0.4, -0.2) is 156 Å². The van der Waals surface area contributed by atoms with Gasteiger partial charge in [-0.2, -0.15) is 0 Å². The Morgan fingerprint density at radius 3 is 2.10 bits per heavy atom. The van der Waals surface area contributed by atoms with Crippen molar-refractivity contribution in [3.8, 4) is 15.4 Å². The van der Waals surface area contributed by atoms with Gasteiger partial charge in [-0.05, 0) is 81.2 Å². The van der Waals surface area contributed by atoms with Crippen LogP contribution in [0.2, 0.25) is 5.02 Å². The van der Waals surface area contributed by atoms with Gasteiger partial charge >= 0.3 is 0 Å². The minimum absolute atomic E-state index is 0.0220. The van der Waals surface area contributed by atoms with Crippen molar-refractivity contribution in [2.45, 2.75) is 111 Å². The van der Waals surface area contributed by atoms with Gasteiger partial charge in [-0.3, -0.25) is 28.7 Å². The molecule has 77 heavy (non-hydrogen) atoms. The second-order valence-corrected chi connectivity index (χ2v) is 22.9. The van der Waals surface area contributed by atoms with Crippen molar-refractivity contribution in [3.05, 3.63) is 104 Å². The summed E-state index contributed by atoms with van der Waals surface area (Å²) in [5, 5.41) is 26.8. The zero-order chi connectivity index (χ0) is 55.1. The van der Waals surface area contributed by atoms with Crippen molar-refractivity contribution >= 4 is 63.5 Å². The summed E-state index contributed by atoms with van der Waals surface area (Å²) in [5.74, 6) is 0.201. The third kappa shape index (κ3) is 16.4. The molecule has 2 aromatic carbocycles. The normalized spacial score (nSPS) is 16.7. The molecule has 5 heterocycles. The van der Waals surface area contributed by atoms with Gasteiger partial charge in [0, 0.05) is 60.2 Å². The van der Waals surface area contributed by atoms with Crippen LogP contribution in [0.3, 0.4) is 0 Å². The van der Waals surface area contributed by atoms with Crippen LogP contribution in [0, 0.1) is 33.1 Å². The van der Waals surface area contributed by atoms with Crippen LogP contribution in [0.4, 0.5) is 0 Å². The Balaban J connectivity index is 0.695. The molecular weight excluding hydrogens is 1040 g/mol. The fraction of sp³-hybridized carbons (Fsp3) is 0.536. The van der Waals surface area contributed by atoms with Crippen molar-refractivity contribution < 1.29 is 48.0 Å². The van der Waals surface area contributed by atoms with E-state index in [1.165, 1.54) is 9.78 Å². The SMILES string of the molecule is Cc1ncsc1-c1ccc(CCC(=O)[C@@H]2C[C@@H](O)CN2C(=O)[C@@H](NC(=O)COCCOCCOCCCCOCCOCCNC(=O)C[C@@H]2N=C(c3ccc(Cl)cc3)c3c(sc(C)c3C)-n3c(C)nnc32)C(C)(C)C)cc1. The van der Waals surface area contributed by atoms with Gasteiger partial charge in [0.15, 0.2) is 11.6 Å². The maximum Gasteiger partial charge on any atom is 0.246 e. The van der Waals surface area contributed by atoms with Crippen LogP contribution in [-0.2, 0) is 49.3 Å². The first kappa shape index (κ1) is 59.4. The van der Waals surface area contributed by atoms with Gasteiger partial charge in [0.2, 0.25) is 17.7 Å². The predicted molar refractivity (Wildman–Crippen MR) is 297 cm³/mol. The number of aromatic nitrogens is 4. The van der Waals surface area contributed by atoms with E-state index >= 15 is 0 Å². The Labute approximate surface area is 464 Å². The van der Waals surface area contributed by atoms with E-state index in [4.69, 9.17) is 40.3 Å². The number of aliphatic imine (C=N–C) groups is 1. The molecule has 3 aromatic heterocycles. The van der Waals surface area contributed by atoms with Gasteiger partial charge in [0.05, 0.1) is 86.6 Å². The summed E-state index contributed by atoms with van der Waals surface area (Å²) in [6, 6.07) is 13.4. The monoisotopic (exact) mass is 1120 g/mol. The standard InChI is InChI=1S/C56H73ClN8O10S2/c1-35-37(3)77-55-49(35)50(40-15-17-42(57)18-16-40)60-44(53-63-62-38(4)65(53)55)31-47(68)58-20-23-73-26-24-71-21-8-9-22-72-25-27-74-28-29-75-33-48(69)61-52(56(5,6)7)54(70)64-32-43(66)30-45(64)46(67)19-12-39-10-13-41(14-11-39)51-36(2)59-34-76-51/h10-11,13-18,34,43-45,52,66H,8-9,12,19-33H2,1-7H3,(H,58,68)(H,61,69)/t43-,44+,45+,52-/m1/s1. The van der Waals surface area contributed by atoms with Crippen LogP contribution in [0.5, 0.6) is 0 Å². The number of ether oxygens (including phenoxy) is 5. The number of thiophene rings is 1. The molecule has 3 N–H and O–H groups in total. The van der Waals surface area contributed by atoms with E-state index in [0.717, 1.165) is 67.8 Å². The lowest BCUT2D eigenvalue weighted by atomic mass is 9.85. The van der Waals surface area contributed by atoms with Gasteiger partial charge in [-0.15, -0.1) is 32.9 Å². The number of amides is 3. The van der Waals surface area contributed by atoms with Crippen LogP contribution >= 0.6 is 34.3 Å². The Morgan fingerprint density at radius 2 is 1.45 bits per heavy atom. The number of hydrogen-bond donors (Lipinski definition) is 3. The molecule has 416 valence electrons. The van der Waals surface area contributed by atoms with Crippen LogP contribution in [0.15, 0.2) is 59.0 Å². The van der Waals surface area contributed by atoms with Gasteiger partial charge in [-0.1, -0.05) is 68.8 Å². The molecule has 2 aliphatic heterocycles. The predicted octanol–water partition coefficient (Wildman–Crippen LogP) is 7.30. The summed E-state index contributed by atoms with van der Waals surface area (Å²) < 4.78 is 30.3. The number of likely N-dealkylation sites (tertiary alicyclic amines) is 1. The second kappa shape index (κ2) is 28.5. The largest absolute Gasteiger partial charge is 0.391 e. The first-order valence-electron chi connectivity index (χ1n) is 26.3. The number of aryl methyl sites for hydroxylation is 4. The highest BCUT2D eigenvalue weighted by atomic mass is 35.5. The topological polar surface area (TPSA) is 218 Å². The Bertz CT molecular complexity index is 2790. The Kier molecular flexibility index (Phi) is 22.0. The number of fused-ring (bicyclic) bond motifs is 3. The molecule has 1 fully saturated rings. The van der Waals surface area contributed by atoms with E-state index in [0.29, 0.717) is 70.1 Å². The smallest absolute Gasteiger partial charge is 0.246 e. The number of rotatable bonds is 29. The molecule has 1 saturated heterocycles. The van der Waals surface area contributed by atoms with E-state index in [1.807, 2.05) is 93.2 Å². The van der Waals surface area contributed by atoms with E-state index in [9.17, 15) is 24.3 Å². The number of nitrogens with zero attached hydrogens (tertiary/aromatic N) is 6. The second-order valence-electron chi connectivity index (χ2n) is 20.4. The Morgan fingerprint density at radius 1 is 0.818 bits per heavy atom. The molecule has 18 nitrogen and oxygen atoms in total. The number of halogens is 1. The molecule has 5 aromatic rings. The molecule has 0 aliphatic carbocycles. The lowest BCUT2D eigenvalue weighted by Crippen LogP contribution is -2.57. The Hall–Kier alpha value is -5.29. The van der Waals surface area contributed by atoms with Crippen LogP contribution in [0.1, 0.15) is 103 Å². The first-order chi connectivity index (χ1) is 37.0. The number of nitrogens with one attached hydrogen (secondary N) is 2. The van der Waals surface area contributed by atoms with Crippen molar-refractivity contribution in [3.63, 3.8) is 0 Å². The summed E-state index contributed by atoms with van der Waals surface area (Å²) in [7, 11) is 0. The molecular formula is C56H73ClN8O10S2. The lowest BCUT2D eigenvalue weighted by molar-refractivity contribution is -0.144. The van der Waals surface area contributed by atoms with E-state index < -0.39 is 41.5 Å². The van der Waals surface area contributed by atoms with Gasteiger partial charge in [-0.25, -0.2) is 4.98 Å². The molecule has 0 spiro atoms. The number of ketones is 1. The highest BCUT2D eigenvalue weighted by molar-refractivity contribution is 7.15. The molecule has 0 unspecified atom stereocenters. The summed E-state index contributed by atoms with van der Waals surface area (Å²) in [4.78, 5) is 67.0. The number of aliphatic hydroxyl groups excluding tert-OH is 1. The molecule has 0 bridgehead atoms. The van der Waals surface area contributed by atoms with Crippen molar-refractivity contribution in [1.29, 1.82) is 0 Å². The number of unbranched alkanes of at least 4 members (excludes halogenated alkanes) is 1. The molecule has 2 aliphatic rings. The lowest BCUT2D eigenvalue weighted by Gasteiger charge is -2.35. The quantitative estimate of drug-likeness (QED) is 0.0401. The van der Waals surface area contributed by atoms with Crippen molar-refractivity contribution in [2.24, 2.45) is 10.4 Å². The number of β-amino-alcohol motifs (C(OH)–C–C–N with tert-alkyl or cyclic N) is 1. The molecule has 4 atom stereocenters. The molecule has 21 heteroatoms. The number of thiazole rings is 1. The number of carbonyl (C=O) groups excluding carboxylic acids is 4. The maximum atomic E-state index is 14.0. The van der Waals surface area contributed by atoms with E-state index in [1.54, 1.807) is 22.7 Å². The zero-order valence-electron chi connectivity index (χ0n) is 45.2. The molecule has 7 rings (SSSR count). The third-order valence-corrected chi connectivity index (χ3v) is 15.9. The summed E-state index contributed by atoms with van der Waals surface area (Å²) in [6.45, 7) is 17.2. The summed E-state index contributed by atoms with van der Waals surface area (Å²) in [6.07, 6.45) is 1.78. The minimum atomic E-state index is -0.938. The number of benzene rings is 2. The number of aliphatic hydroxyl groups is 1. The zero-order valence-corrected chi connectivity index (χ0v) is 47.6. The van der Waals surface area contributed by atoms with Crippen molar-refractivity contribution in [2.75, 3.05) is 79.2 Å². The molecule has 0 saturated carbocycles. The van der Waals surface area contributed by atoms with E-state index in [-0.39, 0.29) is 57.3 Å². The summed E-state index contributed by atoms with van der Waals surface area (Å²) >= 11 is 9.49. The van der Waals surface area contributed by atoms with Gasteiger partial charge < -0.3 is 44.3 Å². The highest BCUT2D eigenvalue weighted by Gasteiger charge is 2.44. The summed E-state index contributed by atoms with van der Waals surface area (Å²) in [5.41, 5.74) is 8.05. The number of Topliss-reactive ketones (excluding diaryl/α,β-unsaturated/α-hetero) is 1. The number of carbonyl (C=O) groups is 4. The maximum absolute atomic E-state index is 14.0. The van der Waals surface area contributed by atoms with Gasteiger partial charge in [0.25, 0.3) is 0 Å². The van der Waals surface area contributed by atoms with Crippen LogP contribution in [0.25, 0.3) is 15.4 Å². The fourth-order valence-electron chi connectivity index (χ4n) is 9.19. The van der Waals surface area contributed by atoms with Crippen LogP contribution < -0.4 is 10.6 Å². The third-order valence-electron chi connectivity index (χ3n) is 13.5. The number of hydrogen-bond acceptors (Lipinski definition) is 16. The molecule has 3 amide bonds. The average molecular weight is 1120 g/mol. The minimum Gasteiger partial charge on any atom is -0.391 e. The van der Waals surface area contributed by atoms with Crippen molar-refractivity contribution in [1.82, 2.24) is 35.3 Å². The fourth-order valence-corrected chi connectivity index (χ4v) is 11.3. The van der Waals surface area contributed by atoms with E-state index in [2.05, 4.69) is 39.7 Å². The highest BCUT2D eigenvalue weighted by Crippen LogP contribution is 2.40. The first-order valence-corrected chi connectivity index (χ1v) is 28.4.